The Bertz CT molecular complexity index is 975. The van der Waals surface area contributed by atoms with Gasteiger partial charge < -0.3 is 15.2 Å². The van der Waals surface area contributed by atoms with E-state index in [1.165, 1.54) is 22.8 Å². The highest BCUT2D eigenvalue weighted by Crippen LogP contribution is 2.22. The highest BCUT2D eigenvalue weighted by Gasteiger charge is 2.17. The van der Waals surface area contributed by atoms with E-state index in [-0.39, 0.29) is 18.4 Å². The number of fused-ring (bicyclic) bond motifs is 1. The Morgan fingerprint density at radius 3 is 2.67 bits per heavy atom. The van der Waals surface area contributed by atoms with Gasteiger partial charge in [0.05, 0.1) is 0 Å². The number of carbonyl (C=O) groups is 2. The van der Waals surface area contributed by atoms with Gasteiger partial charge in [0.1, 0.15) is 6.54 Å². The zero-order chi connectivity index (χ0) is 19.4. The average Bonchev–Trinajstić information content (AvgIpc) is 3.05. The number of nitrogens with zero attached hydrogens (tertiary/aromatic N) is 1. The molecule has 1 heterocycles. The Kier molecular flexibility index (Phi) is 5.60. The molecule has 1 aromatic heterocycles. The normalized spacial score (nSPS) is 10.8. The predicted octanol–water partition coefficient (Wildman–Crippen LogP) is 3.50. The van der Waals surface area contributed by atoms with Crippen LogP contribution in [0, 0.1) is 13.8 Å². The van der Waals surface area contributed by atoms with Gasteiger partial charge in [-0.05, 0) is 49.1 Å². The predicted molar refractivity (Wildman–Crippen MR) is 109 cm³/mol. The maximum Gasteiger partial charge on any atom is 0.240 e. The van der Waals surface area contributed by atoms with Crippen LogP contribution in [0.15, 0.2) is 48.7 Å². The molecule has 0 saturated carbocycles. The van der Waals surface area contributed by atoms with Gasteiger partial charge in [0.2, 0.25) is 11.8 Å². The third-order valence-corrected chi connectivity index (χ3v) is 4.73. The first-order valence-corrected chi connectivity index (χ1v) is 9.13. The van der Waals surface area contributed by atoms with E-state index in [0.717, 1.165) is 28.8 Å². The molecule has 0 aliphatic rings. The quantitative estimate of drug-likeness (QED) is 0.704. The summed E-state index contributed by atoms with van der Waals surface area (Å²) in [6.45, 7) is 5.95. The number of carbonyl (C=O) groups excluding carboxylic acids is 2. The van der Waals surface area contributed by atoms with Crippen LogP contribution in [0.1, 0.15) is 23.6 Å². The molecular formula is C22H25N3O2. The lowest BCUT2D eigenvalue weighted by molar-refractivity contribution is -0.123. The van der Waals surface area contributed by atoms with E-state index in [0.29, 0.717) is 6.54 Å². The van der Waals surface area contributed by atoms with Crippen LogP contribution in [0.4, 0.5) is 5.69 Å². The van der Waals surface area contributed by atoms with Gasteiger partial charge in [0, 0.05) is 36.3 Å². The third kappa shape index (κ3) is 4.37. The number of H-pyrrole nitrogens is 1. The number of aromatic nitrogens is 1. The molecule has 27 heavy (non-hydrogen) atoms. The molecule has 0 aliphatic carbocycles. The van der Waals surface area contributed by atoms with Crippen LogP contribution in [-0.2, 0) is 16.0 Å². The molecule has 0 spiro atoms. The number of aryl methyl sites for hydroxylation is 2. The largest absolute Gasteiger partial charge is 0.361 e. The number of para-hydroxylation sites is 1. The first-order chi connectivity index (χ1) is 13.0. The van der Waals surface area contributed by atoms with E-state index in [9.17, 15) is 9.59 Å². The lowest BCUT2D eigenvalue weighted by Gasteiger charge is -2.23. The molecule has 0 fully saturated rings. The van der Waals surface area contributed by atoms with Crippen LogP contribution in [0.25, 0.3) is 10.9 Å². The van der Waals surface area contributed by atoms with Gasteiger partial charge >= 0.3 is 0 Å². The molecule has 0 saturated heterocycles. The number of anilines is 1. The molecule has 2 aromatic carbocycles. The van der Waals surface area contributed by atoms with Crippen molar-refractivity contribution >= 4 is 28.4 Å². The number of amides is 2. The lowest BCUT2D eigenvalue weighted by Crippen LogP contribution is -2.40. The molecule has 3 rings (SSSR count). The fraction of sp³-hybridized carbons (Fsp3) is 0.273. The van der Waals surface area contributed by atoms with E-state index < -0.39 is 0 Å². The number of rotatable bonds is 6. The summed E-state index contributed by atoms with van der Waals surface area (Å²) >= 11 is 0. The van der Waals surface area contributed by atoms with Crippen molar-refractivity contribution in [2.45, 2.75) is 27.2 Å². The minimum absolute atomic E-state index is 0.0213. The van der Waals surface area contributed by atoms with Crippen molar-refractivity contribution in [3.8, 4) is 0 Å². The van der Waals surface area contributed by atoms with Crippen molar-refractivity contribution < 1.29 is 9.59 Å². The summed E-state index contributed by atoms with van der Waals surface area (Å²) in [5, 5.41) is 4.10. The third-order valence-electron chi connectivity index (χ3n) is 4.73. The van der Waals surface area contributed by atoms with Gasteiger partial charge in [-0.3, -0.25) is 9.59 Å². The second kappa shape index (κ2) is 8.08. The first kappa shape index (κ1) is 18.7. The van der Waals surface area contributed by atoms with Crippen LogP contribution >= 0.6 is 0 Å². The molecule has 0 unspecified atom stereocenters. The highest BCUT2D eigenvalue weighted by atomic mass is 16.2. The molecule has 140 valence electrons. The van der Waals surface area contributed by atoms with E-state index in [1.54, 1.807) is 0 Å². The van der Waals surface area contributed by atoms with E-state index in [4.69, 9.17) is 0 Å². The van der Waals surface area contributed by atoms with E-state index in [1.807, 2.05) is 56.4 Å². The molecule has 0 aliphatic heterocycles. The minimum Gasteiger partial charge on any atom is -0.361 e. The molecular weight excluding hydrogens is 338 g/mol. The molecule has 2 amide bonds. The molecule has 0 atom stereocenters. The van der Waals surface area contributed by atoms with Crippen LogP contribution < -0.4 is 10.2 Å². The Morgan fingerprint density at radius 1 is 1.11 bits per heavy atom. The lowest BCUT2D eigenvalue weighted by atomic mass is 10.1. The van der Waals surface area contributed by atoms with E-state index >= 15 is 0 Å². The van der Waals surface area contributed by atoms with E-state index in [2.05, 4.69) is 16.4 Å². The molecule has 5 nitrogen and oxygen atoms in total. The average molecular weight is 363 g/mol. The molecule has 0 radical (unpaired) electrons. The Morgan fingerprint density at radius 2 is 1.89 bits per heavy atom. The van der Waals surface area contributed by atoms with Gasteiger partial charge in [-0.25, -0.2) is 0 Å². The van der Waals surface area contributed by atoms with Gasteiger partial charge in [-0.1, -0.05) is 30.3 Å². The van der Waals surface area contributed by atoms with Crippen molar-refractivity contribution in [2.24, 2.45) is 0 Å². The second-order valence-corrected chi connectivity index (χ2v) is 6.85. The summed E-state index contributed by atoms with van der Waals surface area (Å²) in [6, 6.07) is 14.0. The number of benzene rings is 2. The van der Waals surface area contributed by atoms with Crippen molar-refractivity contribution in [1.29, 1.82) is 0 Å². The van der Waals surface area contributed by atoms with Crippen molar-refractivity contribution in [1.82, 2.24) is 10.3 Å². The number of hydrogen-bond donors (Lipinski definition) is 2. The second-order valence-electron chi connectivity index (χ2n) is 6.85. The highest BCUT2D eigenvalue weighted by molar-refractivity contribution is 5.98. The van der Waals surface area contributed by atoms with Crippen LogP contribution in [0.2, 0.25) is 0 Å². The maximum atomic E-state index is 12.4. The molecule has 5 heteroatoms. The summed E-state index contributed by atoms with van der Waals surface area (Å²) in [5.74, 6) is -0.304. The van der Waals surface area contributed by atoms with Gasteiger partial charge in [0.25, 0.3) is 0 Å². The topological polar surface area (TPSA) is 65.2 Å². The fourth-order valence-corrected chi connectivity index (χ4v) is 3.25. The Balaban J connectivity index is 1.61. The summed E-state index contributed by atoms with van der Waals surface area (Å²) < 4.78 is 0. The maximum absolute atomic E-state index is 12.4. The standard InChI is InChI=1S/C22H25N3O2/c1-15-8-9-16(2)21(12-15)25(17(3)26)14-22(27)23-11-10-18-13-24-20-7-5-4-6-19(18)20/h4-9,12-13,24H,10-11,14H2,1-3H3,(H,23,27). The molecule has 3 aromatic rings. The van der Waals surface area contributed by atoms with Crippen LogP contribution in [0.5, 0.6) is 0 Å². The number of hydrogen-bond acceptors (Lipinski definition) is 2. The summed E-state index contributed by atoms with van der Waals surface area (Å²) in [7, 11) is 0. The van der Waals surface area contributed by atoms with Crippen molar-refractivity contribution in [2.75, 3.05) is 18.0 Å². The number of nitrogens with one attached hydrogen (secondary N) is 2. The zero-order valence-corrected chi connectivity index (χ0v) is 16.0. The monoisotopic (exact) mass is 363 g/mol. The first-order valence-electron chi connectivity index (χ1n) is 9.13. The molecule has 0 bridgehead atoms. The van der Waals surface area contributed by atoms with Gasteiger partial charge in [-0.2, -0.15) is 0 Å². The summed E-state index contributed by atoms with van der Waals surface area (Å²) in [5.41, 5.74) is 5.08. The van der Waals surface area contributed by atoms with Crippen molar-refractivity contribution in [3.63, 3.8) is 0 Å². The minimum atomic E-state index is -0.161. The van der Waals surface area contributed by atoms with Gasteiger partial charge in [0.15, 0.2) is 0 Å². The molecule has 2 N–H and O–H groups in total. The van der Waals surface area contributed by atoms with Crippen molar-refractivity contribution in [3.05, 3.63) is 65.4 Å². The summed E-state index contributed by atoms with van der Waals surface area (Å²) in [6.07, 6.45) is 2.72. The SMILES string of the molecule is CC(=O)N(CC(=O)NCCc1c[nH]c2ccccc12)c1cc(C)ccc1C. The van der Waals surface area contributed by atoms with Crippen LogP contribution in [-0.4, -0.2) is 29.9 Å². The fourth-order valence-electron chi connectivity index (χ4n) is 3.25. The summed E-state index contributed by atoms with van der Waals surface area (Å²) in [4.78, 5) is 29.3. The Hall–Kier alpha value is -3.08. The smallest absolute Gasteiger partial charge is 0.240 e. The Labute approximate surface area is 159 Å². The zero-order valence-electron chi connectivity index (χ0n) is 16.0. The van der Waals surface area contributed by atoms with Gasteiger partial charge in [-0.15, -0.1) is 0 Å². The van der Waals surface area contributed by atoms with Crippen LogP contribution in [0.3, 0.4) is 0 Å². The number of aromatic amines is 1.